The van der Waals surface area contributed by atoms with E-state index in [2.05, 4.69) is 179 Å². The molecule has 0 amide bonds. The summed E-state index contributed by atoms with van der Waals surface area (Å²) in [7, 11) is 0. The summed E-state index contributed by atoms with van der Waals surface area (Å²) in [5, 5.41) is 10.7. The van der Waals surface area contributed by atoms with Crippen molar-refractivity contribution in [2.45, 2.75) is 0 Å². The Bertz CT molecular complexity index is 3460. The molecule has 0 unspecified atom stereocenters. The van der Waals surface area contributed by atoms with Crippen LogP contribution in [0.15, 0.2) is 182 Å². The van der Waals surface area contributed by atoms with E-state index >= 15 is 0 Å². The second-order valence-corrected chi connectivity index (χ2v) is 14.1. The zero-order chi connectivity index (χ0) is 35.3. The van der Waals surface area contributed by atoms with Gasteiger partial charge >= 0.3 is 0 Å². The van der Waals surface area contributed by atoms with Crippen molar-refractivity contribution in [2.24, 2.45) is 0 Å². The van der Waals surface area contributed by atoms with E-state index < -0.39 is 0 Å². The molecular weight excluding hydrogens is 657 g/mol. The molecule has 0 saturated heterocycles. The van der Waals surface area contributed by atoms with Crippen LogP contribution in [-0.4, -0.2) is 19.1 Å². The first-order chi connectivity index (χ1) is 26.8. The molecule has 0 bridgehead atoms. The molecule has 12 rings (SSSR count). The van der Waals surface area contributed by atoms with Gasteiger partial charge in [-0.15, -0.1) is 0 Å². The van der Waals surface area contributed by atoms with Crippen LogP contribution in [0.2, 0.25) is 0 Å². The molecule has 0 aliphatic rings. The van der Waals surface area contributed by atoms with Gasteiger partial charge in [-0.2, -0.15) is 0 Å². The standard InChI is InChI=1S/C50H30N4/c1-2-14-34-33(13-1)38(48-39-18-3-7-19-42(39)52-50-40(48)25-23-31-12-11-29-51-49(31)50)26-28-46(34)54-45-22-10-6-17-37(45)41-30-32(24-27-47(41)54)53-43-20-8-4-15-35(43)36-16-5-9-21-44(36)53/h1-30H. The van der Waals surface area contributed by atoms with Gasteiger partial charge in [-0.3, -0.25) is 4.98 Å². The van der Waals surface area contributed by atoms with Gasteiger partial charge in [0, 0.05) is 60.5 Å². The Morgan fingerprint density at radius 2 is 0.981 bits per heavy atom. The molecule has 0 fully saturated rings. The molecule has 8 aromatic carbocycles. The zero-order valence-corrected chi connectivity index (χ0v) is 29.1. The van der Waals surface area contributed by atoms with Crippen molar-refractivity contribution in [1.82, 2.24) is 19.1 Å². The number of pyridine rings is 2. The summed E-state index contributed by atoms with van der Waals surface area (Å²) in [6.45, 7) is 0. The van der Waals surface area contributed by atoms with Gasteiger partial charge in [-0.25, -0.2) is 4.98 Å². The molecule has 0 spiro atoms. The molecular formula is C50H30N4. The van der Waals surface area contributed by atoms with Crippen LogP contribution in [0.1, 0.15) is 0 Å². The van der Waals surface area contributed by atoms with Gasteiger partial charge in [0.2, 0.25) is 0 Å². The zero-order valence-electron chi connectivity index (χ0n) is 29.1. The first-order valence-electron chi connectivity index (χ1n) is 18.4. The van der Waals surface area contributed by atoms with Crippen LogP contribution >= 0.6 is 0 Å². The number of benzene rings is 8. The maximum Gasteiger partial charge on any atom is 0.0978 e. The summed E-state index contributed by atoms with van der Waals surface area (Å²) in [5.74, 6) is 0. The largest absolute Gasteiger partial charge is 0.309 e. The Hall–Kier alpha value is -7.30. The summed E-state index contributed by atoms with van der Waals surface area (Å²) < 4.78 is 4.86. The highest BCUT2D eigenvalue weighted by atomic mass is 15.0. The van der Waals surface area contributed by atoms with Crippen LogP contribution in [-0.2, 0) is 0 Å². The van der Waals surface area contributed by atoms with E-state index in [4.69, 9.17) is 9.97 Å². The Balaban J connectivity index is 1.13. The van der Waals surface area contributed by atoms with Gasteiger partial charge < -0.3 is 9.13 Å². The van der Waals surface area contributed by atoms with E-state index in [0.717, 1.165) is 44.1 Å². The predicted octanol–water partition coefficient (Wildman–Crippen LogP) is 13.0. The number of para-hydroxylation sites is 4. The van der Waals surface area contributed by atoms with E-state index in [9.17, 15) is 0 Å². The third-order valence-electron chi connectivity index (χ3n) is 11.3. The lowest BCUT2D eigenvalue weighted by Gasteiger charge is -2.18. The fraction of sp³-hybridized carbons (Fsp3) is 0. The van der Waals surface area contributed by atoms with Crippen molar-refractivity contribution in [3.05, 3.63) is 182 Å². The molecule has 4 heterocycles. The summed E-state index contributed by atoms with van der Waals surface area (Å²) >= 11 is 0. The minimum atomic E-state index is 0.925. The molecule has 4 heteroatoms. The molecule has 0 N–H and O–H groups in total. The van der Waals surface area contributed by atoms with Crippen LogP contribution in [0, 0.1) is 0 Å². The topological polar surface area (TPSA) is 35.6 Å². The summed E-state index contributed by atoms with van der Waals surface area (Å²) in [6, 6.07) is 63.6. The first kappa shape index (κ1) is 29.3. The third kappa shape index (κ3) is 4.02. The average molecular weight is 687 g/mol. The molecule has 0 aliphatic heterocycles. The predicted molar refractivity (Wildman–Crippen MR) is 226 cm³/mol. The van der Waals surface area contributed by atoms with Gasteiger partial charge in [0.05, 0.1) is 44.3 Å². The van der Waals surface area contributed by atoms with E-state index in [1.807, 2.05) is 12.3 Å². The van der Waals surface area contributed by atoms with Gasteiger partial charge in [-0.1, -0.05) is 121 Å². The summed E-state index contributed by atoms with van der Waals surface area (Å²) in [4.78, 5) is 9.99. The quantitative estimate of drug-likeness (QED) is 0.137. The number of aromatic nitrogens is 4. The minimum Gasteiger partial charge on any atom is -0.309 e. The van der Waals surface area contributed by atoms with Gasteiger partial charge in [-0.05, 0) is 65.5 Å². The Morgan fingerprint density at radius 1 is 0.370 bits per heavy atom. The first-order valence-corrected chi connectivity index (χ1v) is 18.4. The molecule has 4 nitrogen and oxygen atoms in total. The summed E-state index contributed by atoms with van der Waals surface area (Å²) in [6.07, 6.45) is 1.86. The number of hydrogen-bond acceptors (Lipinski definition) is 2. The molecule has 0 radical (unpaired) electrons. The van der Waals surface area contributed by atoms with Gasteiger partial charge in [0.15, 0.2) is 0 Å². The highest BCUT2D eigenvalue weighted by Gasteiger charge is 2.20. The van der Waals surface area contributed by atoms with Gasteiger partial charge in [0.25, 0.3) is 0 Å². The lowest BCUT2D eigenvalue weighted by Crippen LogP contribution is -1.98. The third-order valence-corrected chi connectivity index (χ3v) is 11.3. The number of nitrogens with zero attached hydrogens (tertiary/aromatic N) is 4. The van der Waals surface area contributed by atoms with Gasteiger partial charge in [0.1, 0.15) is 0 Å². The fourth-order valence-corrected chi connectivity index (χ4v) is 9.04. The molecule has 250 valence electrons. The Labute approximate surface area is 309 Å². The van der Waals surface area contributed by atoms with Crippen molar-refractivity contribution in [3.8, 4) is 22.5 Å². The fourth-order valence-electron chi connectivity index (χ4n) is 9.04. The number of fused-ring (bicyclic) bond motifs is 11. The summed E-state index contributed by atoms with van der Waals surface area (Å²) in [5.41, 5.74) is 12.3. The molecule has 12 aromatic rings. The second-order valence-electron chi connectivity index (χ2n) is 14.1. The average Bonchev–Trinajstić information content (AvgIpc) is 3.75. The maximum absolute atomic E-state index is 5.19. The second kappa shape index (κ2) is 11.1. The SMILES string of the molecule is c1cnc2c(c1)ccc1c(-c3ccc(-n4c5ccccc5c5cc(-n6c7ccccc7c7ccccc76)ccc54)c4ccccc34)c3ccccc3nc12. The van der Waals surface area contributed by atoms with Crippen LogP contribution in [0.4, 0.5) is 0 Å². The molecule has 0 atom stereocenters. The smallest absolute Gasteiger partial charge is 0.0978 e. The van der Waals surface area contributed by atoms with Crippen LogP contribution in [0.3, 0.4) is 0 Å². The van der Waals surface area contributed by atoms with Crippen LogP contribution in [0.25, 0.3) is 110 Å². The Morgan fingerprint density at radius 3 is 1.74 bits per heavy atom. The molecule has 54 heavy (non-hydrogen) atoms. The normalized spacial score (nSPS) is 12.1. The van der Waals surface area contributed by atoms with Crippen molar-refractivity contribution in [3.63, 3.8) is 0 Å². The monoisotopic (exact) mass is 686 g/mol. The van der Waals surface area contributed by atoms with Crippen molar-refractivity contribution in [2.75, 3.05) is 0 Å². The lowest BCUT2D eigenvalue weighted by molar-refractivity contribution is 1.17. The van der Waals surface area contributed by atoms with Crippen LogP contribution < -0.4 is 0 Å². The lowest BCUT2D eigenvalue weighted by atomic mass is 9.91. The molecule has 4 aromatic heterocycles. The van der Waals surface area contributed by atoms with Crippen molar-refractivity contribution < 1.29 is 0 Å². The van der Waals surface area contributed by atoms with Crippen LogP contribution in [0.5, 0.6) is 0 Å². The van der Waals surface area contributed by atoms with Crippen molar-refractivity contribution in [1.29, 1.82) is 0 Å². The van der Waals surface area contributed by atoms with E-state index in [0.29, 0.717) is 0 Å². The number of hydrogen-bond donors (Lipinski definition) is 0. The van der Waals surface area contributed by atoms with Crippen molar-refractivity contribution >= 4 is 87.1 Å². The highest BCUT2D eigenvalue weighted by Crippen LogP contribution is 2.43. The van der Waals surface area contributed by atoms with E-state index in [1.165, 1.54) is 65.5 Å². The van der Waals surface area contributed by atoms with E-state index in [-0.39, 0.29) is 0 Å². The van der Waals surface area contributed by atoms with E-state index in [1.54, 1.807) is 0 Å². The number of rotatable bonds is 3. The molecule has 0 saturated carbocycles. The highest BCUT2D eigenvalue weighted by molar-refractivity contribution is 6.20. The molecule has 0 aliphatic carbocycles. The minimum absolute atomic E-state index is 0.925. The maximum atomic E-state index is 5.19. The Kier molecular flexibility index (Phi) is 6.02.